The fourth-order valence-corrected chi connectivity index (χ4v) is 3.00. The average Bonchev–Trinajstić information content (AvgIpc) is 2.65. The molecule has 1 amide bonds. The normalized spacial score (nSPS) is 19.0. The molecule has 0 spiro atoms. The predicted molar refractivity (Wildman–Crippen MR) is 95.8 cm³/mol. The second-order valence-electron chi connectivity index (χ2n) is 6.51. The molecule has 0 bridgehead atoms. The molecular formula is C19H21N3O4. The Labute approximate surface area is 151 Å². The van der Waals surface area contributed by atoms with Gasteiger partial charge in [0.1, 0.15) is 18.5 Å². The highest BCUT2D eigenvalue weighted by molar-refractivity contribution is 5.94. The van der Waals surface area contributed by atoms with Crippen LogP contribution >= 0.6 is 0 Å². The molecule has 26 heavy (non-hydrogen) atoms. The Hall–Kier alpha value is -2.80. The van der Waals surface area contributed by atoms with Gasteiger partial charge in [0, 0.05) is 32.3 Å². The van der Waals surface area contributed by atoms with Gasteiger partial charge < -0.3 is 24.8 Å². The number of nitrogens with zero attached hydrogens (tertiary/aromatic N) is 2. The summed E-state index contributed by atoms with van der Waals surface area (Å²) in [7, 11) is 0. The molecule has 7 nitrogen and oxygen atoms in total. The van der Waals surface area contributed by atoms with Crippen LogP contribution in [0.1, 0.15) is 16.8 Å². The lowest BCUT2D eigenvalue weighted by atomic mass is 10.1. The van der Waals surface area contributed by atoms with Crippen LogP contribution in [0.15, 0.2) is 42.6 Å². The van der Waals surface area contributed by atoms with E-state index in [0.29, 0.717) is 38.2 Å². The predicted octanol–water partition coefficient (Wildman–Crippen LogP) is 1.22. The van der Waals surface area contributed by atoms with Gasteiger partial charge in [-0.1, -0.05) is 12.1 Å². The molecule has 2 N–H and O–H groups in total. The molecule has 3 heterocycles. The van der Waals surface area contributed by atoms with Crippen LogP contribution in [0.3, 0.4) is 0 Å². The number of para-hydroxylation sites is 2. The second kappa shape index (κ2) is 7.21. The molecule has 4 rings (SSSR count). The van der Waals surface area contributed by atoms with Gasteiger partial charge in [-0.15, -0.1) is 0 Å². The Balaban J connectivity index is 1.24. The molecule has 1 fully saturated rings. The average molecular weight is 355 g/mol. The lowest BCUT2D eigenvalue weighted by Gasteiger charge is -2.36. The van der Waals surface area contributed by atoms with Crippen molar-refractivity contribution < 1.29 is 19.4 Å². The van der Waals surface area contributed by atoms with Crippen molar-refractivity contribution in [2.24, 2.45) is 0 Å². The maximum absolute atomic E-state index is 12.2. The highest BCUT2D eigenvalue weighted by Crippen LogP contribution is 2.31. The highest BCUT2D eigenvalue weighted by Gasteiger charge is 2.25. The van der Waals surface area contributed by atoms with Crippen molar-refractivity contribution in [2.45, 2.75) is 18.6 Å². The monoisotopic (exact) mass is 355 g/mol. The Kier molecular flexibility index (Phi) is 4.62. The number of nitrogens with one attached hydrogen (secondary N) is 1. The number of amides is 1. The summed E-state index contributed by atoms with van der Waals surface area (Å²) in [5.41, 5.74) is 0.515. The summed E-state index contributed by atoms with van der Waals surface area (Å²) in [5.74, 6) is 2.11. The molecule has 1 saturated heterocycles. The number of carbonyl (C=O) groups is 1. The third-order valence-electron chi connectivity index (χ3n) is 4.52. The lowest BCUT2D eigenvalue weighted by Crippen LogP contribution is -2.51. The van der Waals surface area contributed by atoms with E-state index in [0.717, 1.165) is 17.3 Å². The lowest BCUT2D eigenvalue weighted by molar-refractivity contribution is 0.0812. The van der Waals surface area contributed by atoms with Gasteiger partial charge in [0.05, 0.1) is 11.7 Å². The quantitative estimate of drug-likeness (QED) is 0.839. The molecule has 2 aliphatic heterocycles. The van der Waals surface area contributed by atoms with Gasteiger partial charge in [0.2, 0.25) is 0 Å². The Morgan fingerprint density at radius 1 is 1.23 bits per heavy atom. The molecule has 1 unspecified atom stereocenters. The number of benzene rings is 1. The second-order valence-corrected chi connectivity index (χ2v) is 6.51. The van der Waals surface area contributed by atoms with Gasteiger partial charge in [-0.05, 0) is 24.3 Å². The molecule has 7 heteroatoms. The van der Waals surface area contributed by atoms with Crippen LogP contribution < -0.4 is 19.7 Å². The zero-order valence-electron chi connectivity index (χ0n) is 14.3. The van der Waals surface area contributed by atoms with E-state index in [4.69, 9.17) is 9.47 Å². The molecule has 2 aliphatic rings. The number of pyridine rings is 1. The van der Waals surface area contributed by atoms with Gasteiger partial charge in [-0.25, -0.2) is 4.98 Å². The number of hydrogen-bond donors (Lipinski definition) is 2. The highest BCUT2D eigenvalue weighted by atomic mass is 16.6. The molecule has 136 valence electrons. The van der Waals surface area contributed by atoms with Gasteiger partial charge in [0.25, 0.3) is 5.91 Å². The first-order chi connectivity index (χ1) is 12.7. The number of carbonyl (C=O) groups excluding carboxylic acids is 1. The molecule has 0 radical (unpaired) electrons. The smallest absolute Gasteiger partial charge is 0.252 e. The Morgan fingerprint density at radius 3 is 2.77 bits per heavy atom. The number of anilines is 1. The third-order valence-corrected chi connectivity index (χ3v) is 4.52. The van der Waals surface area contributed by atoms with Gasteiger partial charge in [0.15, 0.2) is 11.5 Å². The molecule has 1 aromatic heterocycles. The standard InChI is InChI=1S/C19H21N3O4/c23-14-10-22(11-14)18-6-5-13(9-21-18)19(24)20-8-7-15-12-25-16-3-1-2-4-17(16)26-15/h1-6,9,14-15,23H,7-8,10-12H2,(H,20,24). The van der Waals surface area contributed by atoms with E-state index >= 15 is 0 Å². The minimum atomic E-state index is -0.280. The fourth-order valence-electron chi connectivity index (χ4n) is 3.00. The first kappa shape index (κ1) is 16.7. The summed E-state index contributed by atoms with van der Waals surface area (Å²) >= 11 is 0. The van der Waals surface area contributed by atoms with Crippen LogP contribution in [0.25, 0.3) is 0 Å². The number of aromatic nitrogens is 1. The summed E-state index contributed by atoms with van der Waals surface area (Å²) in [6, 6.07) is 11.1. The van der Waals surface area contributed by atoms with Crippen LogP contribution in [-0.4, -0.2) is 54.4 Å². The van der Waals surface area contributed by atoms with Crippen molar-refractivity contribution in [3.05, 3.63) is 48.2 Å². The SMILES string of the molecule is O=C(NCCC1COc2ccccc2O1)c1ccc(N2CC(O)C2)nc1. The number of β-amino-alcohol motifs (C(OH)–C–C–N with tert-alkyl or cyclic N) is 1. The van der Waals surface area contributed by atoms with E-state index in [1.54, 1.807) is 18.3 Å². The van der Waals surface area contributed by atoms with Crippen molar-refractivity contribution in [2.75, 3.05) is 31.1 Å². The van der Waals surface area contributed by atoms with Crippen molar-refractivity contribution in [1.82, 2.24) is 10.3 Å². The van der Waals surface area contributed by atoms with Gasteiger partial charge in [-0.2, -0.15) is 0 Å². The topological polar surface area (TPSA) is 83.9 Å². The largest absolute Gasteiger partial charge is 0.486 e. The summed E-state index contributed by atoms with van der Waals surface area (Å²) < 4.78 is 11.5. The van der Waals surface area contributed by atoms with Crippen molar-refractivity contribution >= 4 is 11.7 Å². The third kappa shape index (κ3) is 3.57. The van der Waals surface area contributed by atoms with Crippen LogP contribution in [0.4, 0.5) is 5.82 Å². The minimum absolute atomic E-state index is 0.0801. The summed E-state index contributed by atoms with van der Waals surface area (Å²) in [6.45, 7) is 2.15. The van der Waals surface area contributed by atoms with E-state index < -0.39 is 0 Å². The minimum Gasteiger partial charge on any atom is -0.486 e. The summed E-state index contributed by atoms with van der Waals surface area (Å²) in [4.78, 5) is 18.5. The molecule has 2 aromatic rings. The van der Waals surface area contributed by atoms with Crippen LogP contribution in [0.2, 0.25) is 0 Å². The maximum Gasteiger partial charge on any atom is 0.252 e. The van der Waals surface area contributed by atoms with Crippen LogP contribution in [0, 0.1) is 0 Å². The zero-order valence-corrected chi connectivity index (χ0v) is 14.3. The first-order valence-electron chi connectivity index (χ1n) is 8.75. The number of aliphatic hydroxyl groups is 1. The van der Waals surface area contributed by atoms with Crippen LogP contribution in [0.5, 0.6) is 11.5 Å². The van der Waals surface area contributed by atoms with E-state index in [2.05, 4.69) is 10.3 Å². The molecule has 1 atom stereocenters. The molecule has 0 aliphatic carbocycles. The number of aliphatic hydroxyl groups excluding tert-OH is 1. The van der Waals surface area contributed by atoms with Crippen LogP contribution in [-0.2, 0) is 0 Å². The van der Waals surface area contributed by atoms with Crippen molar-refractivity contribution in [3.63, 3.8) is 0 Å². The maximum atomic E-state index is 12.2. The zero-order chi connectivity index (χ0) is 17.9. The van der Waals surface area contributed by atoms with E-state index in [-0.39, 0.29) is 18.1 Å². The fraction of sp³-hybridized carbons (Fsp3) is 0.368. The van der Waals surface area contributed by atoms with E-state index in [1.807, 2.05) is 29.2 Å². The molecular weight excluding hydrogens is 334 g/mol. The van der Waals surface area contributed by atoms with Gasteiger partial charge >= 0.3 is 0 Å². The first-order valence-corrected chi connectivity index (χ1v) is 8.75. The number of fused-ring (bicyclic) bond motifs is 1. The number of ether oxygens (including phenoxy) is 2. The number of rotatable bonds is 5. The van der Waals surface area contributed by atoms with Crippen molar-refractivity contribution in [1.29, 1.82) is 0 Å². The van der Waals surface area contributed by atoms with Crippen molar-refractivity contribution in [3.8, 4) is 11.5 Å². The Bertz CT molecular complexity index is 775. The summed E-state index contributed by atoms with van der Waals surface area (Å²) in [5, 5.41) is 12.2. The van der Waals surface area contributed by atoms with E-state index in [1.165, 1.54) is 0 Å². The Morgan fingerprint density at radius 2 is 2.04 bits per heavy atom. The summed E-state index contributed by atoms with van der Waals surface area (Å²) in [6.07, 6.45) is 1.87. The van der Waals surface area contributed by atoms with Gasteiger partial charge in [-0.3, -0.25) is 4.79 Å². The van der Waals surface area contributed by atoms with E-state index in [9.17, 15) is 9.90 Å². The number of hydrogen-bond acceptors (Lipinski definition) is 6. The molecule has 0 saturated carbocycles. The molecule has 1 aromatic carbocycles.